The van der Waals surface area contributed by atoms with Gasteiger partial charge in [0.25, 0.3) is 0 Å². The molecule has 0 fully saturated rings. The normalized spacial score (nSPS) is 12.7. The van der Waals surface area contributed by atoms with Gasteiger partial charge in [-0.1, -0.05) is 5.10 Å². The lowest BCUT2D eigenvalue weighted by atomic mass is 10.3. The Bertz CT molecular complexity index is 1120. The fourth-order valence-corrected chi connectivity index (χ4v) is 4.60. The second-order valence-corrected chi connectivity index (χ2v) is 9.48. The Morgan fingerprint density at radius 1 is 1.14 bits per heavy atom. The molecule has 0 saturated heterocycles. The highest BCUT2D eigenvalue weighted by Crippen LogP contribution is 2.27. The number of sulfonamides is 1. The van der Waals surface area contributed by atoms with Gasteiger partial charge in [-0.15, -0.1) is 5.10 Å². The second kappa shape index (κ2) is 8.90. The Kier molecular flexibility index (Phi) is 6.72. The van der Waals surface area contributed by atoms with Crippen LogP contribution in [-0.4, -0.2) is 23.2 Å². The van der Waals surface area contributed by atoms with Crippen molar-refractivity contribution >= 4 is 41.9 Å². The van der Waals surface area contributed by atoms with E-state index in [1.54, 1.807) is 17.6 Å². The monoisotopic (exact) mass is 546 g/mol. The van der Waals surface area contributed by atoms with Crippen LogP contribution in [0.1, 0.15) is 25.7 Å². The van der Waals surface area contributed by atoms with Crippen molar-refractivity contribution < 1.29 is 17.5 Å². The maximum atomic E-state index is 13.1. The molecule has 0 radical (unpaired) electrons. The van der Waals surface area contributed by atoms with Gasteiger partial charge in [0, 0.05) is 15.5 Å². The number of benzene rings is 2. The Morgan fingerprint density at radius 3 is 2.45 bits per heavy atom. The minimum atomic E-state index is -3.79. The van der Waals surface area contributed by atoms with E-state index in [9.17, 15) is 12.8 Å². The van der Waals surface area contributed by atoms with E-state index in [-0.39, 0.29) is 16.7 Å². The van der Waals surface area contributed by atoms with Crippen LogP contribution in [0.4, 0.5) is 4.39 Å². The summed E-state index contributed by atoms with van der Waals surface area (Å²) in [7, 11) is -3.79. The van der Waals surface area contributed by atoms with Crippen LogP contribution in [-0.2, 0) is 16.6 Å². The van der Waals surface area contributed by atoms with Gasteiger partial charge in [-0.05, 0) is 88.2 Å². The summed E-state index contributed by atoms with van der Waals surface area (Å²) in [5.74, 6) is 0.412. The first-order valence-electron chi connectivity index (χ1n) is 8.55. The van der Waals surface area contributed by atoms with E-state index < -0.39 is 16.1 Å². The van der Waals surface area contributed by atoms with Crippen molar-refractivity contribution in [2.24, 2.45) is 0 Å². The molecule has 0 saturated carbocycles. The molecule has 154 valence electrons. The van der Waals surface area contributed by atoms with Gasteiger partial charge < -0.3 is 4.74 Å². The average molecular weight is 548 g/mol. The summed E-state index contributed by atoms with van der Waals surface area (Å²) in [6.45, 7) is 3.98. The van der Waals surface area contributed by atoms with E-state index in [0.717, 1.165) is 4.47 Å². The molecular formula is C18H17Br2FN4O3S. The Balaban J connectivity index is 1.83. The molecule has 0 aliphatic carbocycles. The summed E-state index contributed by atoms with van der Waals surface area (Å²) in [5, 5.41) is 8.08. The van der Waals surface area contributed by atoms with E-state index in [4.69, 9.17) is 4.74 Å². The van der Waals surface area contributed by atoms with Gasteiger partial charge in [0.05, 0.1) is 10.9 Å². The number of ether oxygens (including phenoxy) is 1. The van der Waals surface area contributed by atoms with Crippen LogP contribution in [0.5, 0.6) is 11.8 Å². The lowest BCUT2D eigenvalue weighted by Gasteiger charge is -2.15. The zero-order valence-corrected chi connectivity index (χ0v) is 19.4. The van der Waals surface area contributed by atoms with Crippen LogP contribution < -0.4 is 9.46 Å². The number of rotatable bonds is 7. The van der Waals surface area contributed by atoms with Crippen molar-refractivity contribution in [3.8, 4) is 11.8 Å². The summed E-state index contributed by atoms with van der Waals surface area (Å²) in [4.78, 5) is 0.116. The molecule has 3 rings (SSSR count). The molecule has 11 heteroatoms. The van der Waals surface area contributed by atoms with Crippen LogP contribution in [0.2, 0.25) is 0 Å². The van der Waals surface area contributed by atoms with Crippen molar-refractivity contribution in [3.05, 3.63) is 63.1 Å². The molecule has 0 unspecified atom stereocenters. The van der Waals surface area contributed by atoms with Crippen LogP contribution in [0.15, 0.2) is 56.3 Å². The molecule has 2 aromatic carbocycles. The summed E-state index contributed by atoms with van der Waals surface area (Å²) in [6, 6.07) is 9.66. The Hall–Kier alpha value is -1.82. The topological polar surface area (TPSA) is 86.1 Å². The number of halogens is 3. The molecular weight excluding hydrogens is 531 g/mol. The molecule has 0 aliphatic rings. The Labute approximate surface area is 184 Å². The second-order valence-electron chi connectivity index (χ2n) is 6.06. The predicted octanol–water partition coefficient (Wildman–Crippen LogP) is 4.79. The van der Waals surface area contributed by atoms with Gasteiger partial charge in [0.15, 0.2) is 5.82 Å². The fraction of sp³-hybridized carbons (Fsp3) is 0.222. The van der Waals surface area contributed by atoms with Gasteiger partial charge >= 0.3 is 6.01 Å². The van der Waals surface area contributed by atoms with E-state index in [1.807, 2.05) is 6.92 Å². The van der Waals surface area contributed by atoms with E-state index in [0.29, 0.717) is 22.6 Å². The SMILES string of the molecule is CCn1c(Oc2ccc(F)cc2)nnc1[C@@H](C)NS(=O)(=O)c1ccc(Br)c(Br)c1. The molecule has 0 spiro atoms. The van der Waals surface area contributed by atoms with Crippen molar-refractivity contribution in [1.82, 2.24) is 19.5 Å². The molecule has 0 amide bonds. The lowest BCUT2D eigenvalue weighted by molar-refractivity contribution is 0.407. The first-order valence-corrected chi connectivity index (χ1v) is 11.6. The largest absolute Gasteiger partial charge is 0.424 e. The Morgan fingerprint density at radius 2 is 1.83 bits per heavy atom. The molecule has 0 bridgehead atoms. The third-order valence-electron chi connectivity index (χ3n) is 4.01. The summed E-state index contributed by atoms with van der Waals surface area (Å²) >= 11 is 6.62. The van der Waals surface area contributed by atoms with Crippen LogP contribution >= 0.6 is 31.9 Å². The number of nitrogens with one attached hydrogen (secondary N) is 1. The minimum Gasteiger partial charge on any atom is -0.424 e. The predicted molar refractivity (Wildman–Crippen MR) is 113 cm³/mol. The van der Waals surface area contributed by atoms with E-state index >= 15 is 0 Å². The molecule has 3 aromatic rings. The molecule has 7 nitrogen and oxygen atoms in total. The molecule has 1 N–H and O–H groups in total. The zero-order valence-electron chi connectivity index (χ0n) is 15.4. The van der Waals surface area contributed by atoms with Gasteiger partial charge in [0.1, 0.15) is 11.6 Å². The zero-order chi connectivity index (χ0) is 21.2. The highest BCUT2D eigenvalue weighted by molar-refractivity contribution is 9.13. The third-order valence-corrected chi connectivity index (χ3v) is 7.42. The van der Waals surface area contributed by atoms with Crippen molar-refractivity contribution in [1.29, 1.82) is 0 Å². The van der Waals surface area contributed by atoms with Crippen LogP contribution in [0, 0.1) is 5.82 Å². The summed E-state index contributed by atoms with van der Waals surface area (Å²) in [5.41, 5.74) is 0. The minimum absolute atomic E-state index is 0.116. The third kappa shape index (κ3) is 5.03. The first-order chi connectivity index (χ1) is 13.7. The first kappa shape index (κ1) is 21.9. The molecule has 1 atom stereocenters. The summed E-state index contributed by atoms with van der Waals surface area (Å²) in [6.07, 6.45) is 0. The molecule has 0 aliphatic heterocycles. The standard InChI is InChI=1S/C18H17Br2FN4O3S/c1-3-25-17(22-23-18(25)28-13-6-4-12(21)5-7-13)11(2)24-29(26,27)14-8-9-15(19)16(20)10-14/h4-11,24H,3H2,1-2H3/t11-/m1/s1. The van der Waals surface area contributed by atoms with Gasteiger partial charge in [-0.25, -0.2) is 17.5 Å². The van der Waals surface area contributed by atoms with Gasteiger partial charge in [-0.2, -0.15) is 0 Å². The maximum Gasteiger partial charge on any atom is 0.322 e. The molecule has 29 heavy (non-hydrogen) atoms. The smallest absolute Gasteiger partial charge is 0.322 e. The van der Waals surface area contributed by atoms with Crippen LogP contribution in [0.3, 0.4) is 0 Å². The summed E-state index contributed by atoms with van der Waals surface area (Å²) < 4.78 is 49.8. The molecule has 1 heterocycles. The quantitative estimate of drug-likeness (QED) is 0.459. The fourth-order valence-electron chi connectivity index (χ4n) is 2.60. The number of aromatic nitrogens is 3. The number of nitrogens with zero attached hydrogens (tertiary/aromatic N) is 3. The van der Waals surface area contributed by atoms with Crippen LogP contribution in [0.25, 0.3) is 0 Å². The molecule has 1 aromatic heterocycles. The lowest BCUT2D eigenvalue weighted by Crippen LogP contribution is -2.29. The van der Waals surface area contributed by atoms with Crippen molar-refractivity contribution in [2.45, 2.75) is 31.3 Å². The average Bonchev–Trinajstić information content (AvgIpc) is 3.08. The van der Waals surface area contributed by atoms with Crippen molar-refractivity contribution in [3.63, 3.8) is 0 Å². The number of hydrogen-bond donors (Lipinski definition) is 1. The highest BCUT2D eigenvalue weighted by Gasteiger charge is 2.24. The van der Waals surface area contributed by atoms with Gasteiger partial charge in [0.2, 0.25) is 10.0 Å². The van der Waals surface area contributed by atoms with E-state index in [1.165, 1.54) is 36.4 Å². The maximum absolute atomic E-state index is 13.1. The number of hydrogen-bond acceptors (Lipinski definition) is 5. The van der Waals surface area contributed by atoms with Gasteiger partial charge in [-0.3, -0.25) is 4.57 Å². The van der Waals surface area contributed by atoms with E-state index in [2.05, 4.69) is 46.8 Å². The van der Waals surface area contributed by atoms with Crippen molar-refractivity contribution in [2.75, 3.05) is 0 Å². The highest BCUT2D eigenvalue weighted by atomic mass is 79.9.